The molecule has 1 aromatic heterocycles. The molecule has 0 aliphatic rings. The number of nitrogens with zero attached hydrogens (tertiary/aromatic N) is 1. The monoisotopic (exact) mass is 310 g/mol. The summed E-state index contributed by atoms with van der Waals surface area (Å²) in [5, 5.41) is 3.90. The molecule has 0 bridgehead atoms. The Kier molecular flexibility index (Phi) is 5.42. The molecule has 0 spiro atoms. The van der Waals surface area contributed by atoms with Crippen LogP contribution in [-0.4, -0.2) is 11.5 Å². The van der Waals surface area contributed by atoms with E-state index in [9.17, 15) is 8.78 Å². The zero-order chi connectivity index (χ0) is 15.4. The summed E-state index contributed by atoms with van der Waals surface area (Å²) in [4.78, 5) is 5.71. The van der Waals surface area contributed by atoms with Crippen LogP contribution in [0.3, 0.4) is 0 Å². The molecule has 5 heteroatoms. The third kappa shape index (κ3) is 4.08. The average molecular weight is 310 g/mol. The van der Waals surface area contributed by atoms with Gasteiger partial charge in [0.05, 0.1) is 5.69 Å². The van der Waals surface area contributed by atoms with Crippen LogP contribution in [0.1, 0.15) is 31.3 Å². The molecule has 0 fully saturated rings. The van der Waals surface area contributed by atoms with E-state index in [2.05, 4.69) is 24.1 Å². The van der Waals surface area contributed by atoms with Crippen molar-refractivity contribution in [2.24, 2.45) is 5.92 Å². The van der Waals surface area contributed by atoms with Gasteiger partial charge in [0.2, 0.25) is 0 Å². The average Bonchev–Trinajstić information content (AvgIpc) is 2.78. The summed E-state index contributed by atoms with van der Waals surface area (Å²) in [5.74, 6) is -0.642. The van der Waals surface area contributed by atoms with E-state index >= 15 is 0 Å². The number of thiazole rings is 1. The fourth-order valence-corrected chi connectivity index (χ4v) is 3.17. The molecule has 2 nitrogen and oxygen atoms in total. The molecule has 1 N–H and O–H groups in total. The van der Waals surface area contributed by atoms with Crippen molar-refractivity contribution in [1.29, 1.82) is 0 Å². The van der Waals surface area contributed by atoms with E-state index in [4.69, 9.17) is 0 Å². The normalized spacial score (nSPS) is 11.3. The van der Waals surface area contributed by atoms with Crippen molar-refractivity contribution in [3.8, 4) is 10.6 Å². The summed E-state index contributed by atoms with van der Waals surface area (Å²) in [7, 11) is 0. The predicted molar refractivity (Wildman–Crippen MR) is 83.4 cm³/mol. The summed E-state index contributed by atoms with van der Waals surface area (Å²) in [5.41, 5.74) is 1.38. The highest BCUT2D eigenvalue weighted by Crippen LogP contribution is 2.31. The molecule has 2 aromatic rings. The lowest BCUT2D eigenvalue weighted by Gasteiger charge is -2.04. The van der Waals surface area contributed by atoms with Gasteiger partial charge in [0.25, 0.3) is 0 Å². The van der Waals surface area contributed by atoms with Crippen molar-refractivity contribution >= 4 is 11.3 Å². The second-order valence-corrected chi connectivity index (χ2v) is 6.47. The van der Waals surface area contributed by atoms with Crippen LogP contribution in [0.4, 0.5) is 8.78 Å². The maximum Gasteiger partial charge on any atom is 0.136 e. The molecule has 0 radical (unpaired) electrons. The van der Waals surface area contributed by atoms with Crippen molar-refractivity contribution in [2.45, 2.75) is 33.7 Å². The Labute approximate surface area is 128 Å². The molecule has 2 rings (SSSR count). The van der Waals surface area contributed by atoms with Gasteiger partial charge in [-0.05, 0) is 31.0 Å². The number of halogens is 2. The first-order chi connectivity index (χ1) is 10.0. The lowest BCUT2D eigenvalue weighted by molar-refractivity contribution is 0.585. The first-order valence-electron chi connectivity index (χ1n) is 7.16. The van der Waals surface area contributed by atoms with Crippen molar-refractivity contribution < 1.29 is 8.78 Å². The highest BCUT2D eigenvalue weighted by Gasteiger charge is 2.16. The molecule has 0 aliphatic heterocycles. The summed E-state index contributed by atoms with van der Waals surface area (Å²) in [6, 6.07) is 3.63. The van der Waals surface area contributed by atoms with Crippen LogP contribution in [0.2, 0.25) is 0 Å². The van der Waals surface area contributed by atoms with Gasteiger partial charge in [0, 0.05) is 23.1 Å². The van der Waals surface area contributed by atoms with E-state index in [1.54, 1.807) is 0 Å². The molecule has 0 aliphatic carbocycles. The first kappa shape index (κ1) is 16.0. The standard InChI is InChI=1S/C16H20F2N2S/c1-4-19-9-15-14(7-10(2)3)20-16(21-15)12-6-5-11(17)8-13(12)18/h5-6,8,10,19H,4,7,9H2,1-3H3. The fraction of sp³-hybridized carbons (Fsp3) is 0.438. The van der Waals surface area contributed by atoms with Crippen LogP contribution in [0.25, 0.3) is 10.6 Å². The van der Waals surface area contributed by atoms with E-state index in [1.165, 1.54) is 23.5 Å². The minimum Gasteiger partial charge on any atom is -0.312 e. The van der Waals surface area contributed by atoms with Gasteiger partial charge in [-0.1, -0.05) is 20.8 Å². The highest BCUT2D eigenvalue weighted by molar-refractivity contribution is 7.15. The van der Waals surface area contributed by atoms with Crippen LogP contribution in [-0.2, 0) is 13.0 Å². The Hall–Kier alpha value is -1.33. The first-order valence-corrected chi connectivity index (χ1v) is 7.97. The Balaban J connectivity index is 2.37. The van der Waals surface area contributed by atoms with Gasteiger partial charge in [-0.15, -0.1) is 11.3 Å². The van der Waals surface area contributed by atoms with Crippen molar-refractivity contribution in [3.63, 3.8) is 0 Å². The molecular weight excluding hydrogens is 290 g/mol. The van der Waals surface area contributed by atoms with E-state index in [-0.39, 0.29) is 0 Å². The molecule has 114 valence electrons. The highest BCUT2D eigenvalue weighted by atomic mass is 32.1. The Morgan fingerprint density at radius 1 is 1.29 bits per heavy atom. The van der Waals surface area contributed by atoms with Gasteiger partial charge in [0.15, 0.2) is 0 Å². The van der Waals surface area contributed by atoms with E-state index in [0.29, 0.717) is 16.5 Å². The SMILES string of the molecule is CCNCc1sc(-c2ccc(F)cc2F)nc1CC(C)C. The second kappa shape index (κ2) is 7.09. The smallest absolute Gasteiger partial charge is 0.136 e. The Morgan fingerprint density at radius 2 is 2.05 bits per heavy atom. The largest absolute Gasteiger partial charge is 0.312 e. The topological polar surface area (TPSA) is 24.9 Å². The lowest BCUT2D eigenvalue weighted by Crippen LogP contribution is -2.12. The molecular formula is C16H20F2N2S. The summed E-state index contributed by atoms with van der Waals surface area (Å²) >= 11 is 1.48. The van der Waals surface area contributed by atoms with Crippen molar-refractivity contribution in [3.05, 3.63) is 40.4 Å². The van der Waals surface area contributed by atoms with Crippen LogP contribution < -0.4 is 5.32 Å². The second-order valence-electron chi connectivity index (χ2n) is 5.39. The summed E-state index contributed by atoms with van der Waals surface area (Å²) in [6.45, 7) is 7.92. The van der Waals surface area contributed by atoms with Crippen molar-refractivity contribution in [1.82, 2.24) is 10.3 Å². The van der Waals surface area contributed by atoms with Crippen LogP contribution >= 0.6 is 11.3 Å². The molecule has 1 heterocycles. The van der Waals surface area contributed by atoms with Gasteiger partial charge in [-0.2, -0.15) is 0 Å². The Morgan fingerprint density at radius 3 is 2.67 bits per heavy atom. The van der Waals surface area contributed by atoms with Crippen molar-refractivity contribution in [2.75, 3.05) is 6.54 Å². The van der Waals surface area contributed by atoms with E-state index in [1.807, 2.05) is 6.92 Å². The maximum absolute atomic E-state index is 13.9. The van der Waals surface area contributed by atoms with Crippen LogP contribution in [0.15, 0.2) is 18.2 Å². The van der Waals surface area contributed by atoms with Crippen LogP contribution in [0, 0.1) is 17.6 Å². The zero-order valence-corrected chi connectivity index (χ0v) is 13.4. The third-order valence-electron chi connectivity index (χ3n) is 3.08. The molecule has 0 unspecified atom stereocenters. The molecule has 1 aromatic carbocycles. The molecule has 0 atom stereocenters. The molecule has 0 saturated carbocycles. The lowest BCUT2D eigenvalue weighted by atomic mass is 10.1. The number of benzene rings is 1. The fourth-order valence-electron chi connectivity index (χ4n) is 2.08. The van der Waals surface area contributed by atoms with E-state index < -0.39 is 11.6 Å². The summed E-state index contributed by atoms with van der Waals surface area (Å²) in [6.07, 6.45) is 0.861. The molecule has 0 saturated heterocycles. The van der Waals surface area contributed by atoms with E-state index in [0.717, 1.165) is 36.1 Å². The number of hydrogen-bond acceptors (Lipinski definition) is 3. The number of hydrogen-bond donors (Lipinski definition) is 1. The van der Waals surface area contributed by atoms with Crippen LogP contribution in [0.5, 0.6) is 0 Å². The minimum absolute atomic E-state index is 0.370. The zero-order valence-electron chi connectivity index (χ0n) is 12.5. The van der Waals surface area contributed by atoms with Gasteiger partial charge in [0.1, 0.15) is 16.6 Å². The quantitative estimate of drug-likeness (QED) is 0.855. The van der Waals surface area contributed by atoms with Gasteiger partial charge < -0.3 is 5.32 Å². The van der Waals surface area contributed by atoms with Gasteiger partial charge >= 0.3 is 0 Å². The Bertz CT molecular complexity index is 608. The number of rotatable bonds is 6. The number of nitrogens with one attached hydrogen (secondary N) is 1. The predicted octanol–water partition coefficient (Wildman–Crippen LogP) is 4.40. The summed E-state index contributed by atoms with van der Waals surface area (Å²) < 4.78 is 26.9. The molecule has 0 amide bonds. The number of aromatic nitrogens is 1. The van der Waals surface area contributed by atoms with Gasteiger partial charge in [-0.25, -0.2) is 13.8 Å². The minimum atomic E-state index is -0.567. The third-order valence-corrected chi connectivity index (χ3v) is 4.21. The molecule has 21 heavy (non-hydrogen) atoms. The maximum atomic E-state index is 13.9. The van der Waals surface area contributed by atoms with Gasteiger partial charge in [-0.3, -0.25) is 0 Å².